The lowest BCUT2D eigenvalue weighted by Crippen LogP contribution is -2.26. The lowest BCUT2D eigenvalue weighted by atomic mass is 10.1. The first kappa shape index (κ1) is 7.60. The molecule has 1 aliphatic carbocycles. The van der Waals surface area contributed by atoms with Crippen molar-refractivity contribution in [1.82, 2.24) is 0 Å². The molecule has 0 radical (unpaired) electrons. The molecule has 5 heteroatoms. The summed E-state index contributed by atoms with van der Waals surface area (Å²) in [6.07, 6.45) is 2.11. The first-order valence-corrected chi connectivity index (χ1v) is 3.35. The SMILES string of the molecule is COC1=CC2(O)OC2(O)C=C1O. The van der Waals surface area contributed by atoms with Crippen molar-refractivity contribution in [1.29, 1.82) is 0 Å². The first-order valence-electron chi connectivity index (χ1n) is 3.35. The highest BCUT2D eigenvalue weighted by molar-refractivity contribution is 5.38. The van der Waals surface area contributed by atoms with Gasteiger partial charge in [0.05, 0.1) is 7.11 Å². The molecule has 3 N–H and O–H groups in total. The second-order valence-electron chi connectivity index (χ2n) is 2.74. The van der Waals surface area contributed by atoms with Gasteiger partial charge >= 0.3 is 0 Å². The fraction of sp³-hybridized carbons (Fsp3) is 0.429. The molecule has 1 aliphatic heterocycles. The van der Waals surface area contributed by atoms with Crippen molar-refractivity contribution < 1.29 is 24.8 Å². The average Bonchev–Trinajstić information content (AvgIpc) is 2.50. The summed E-state index contributed by atoms with van der Waals surface area (Å²) in [4.78, 5) is 0. The van der Waals surface area contributed by atoms with Crippen molar-refractivity contribution >= 4 is 0 Å². The number of hydrogen-bond donors (Lipinski definition) is 3. The smallest absolute Gasteiger partial charge is 0.252 e. The van der Waals surface area contributed by atoms with Gasteiger partial charge in [0.1, 0.15) is 0 Å². The Morgan fingerprint density at radius 3 is 2.50 bits per heavy atom. The van der Waals surface area contributed by atoms with Crippen LogP contribution >= 0.6 is 0 Å². The molecule has 0 bridgehead atoms. The lowest BCUT2D eigenvalue weighted by Gasteiger charge is -2.12. The molecule has 66 valence electrons. The van der Waals surface area contributed by atoms with Crippen LogP contribution in [0.1, 0.15) is 0 Å². The number of rotatable bonds is 1. The maximum atomic E-state index is 9.34. The number of fused-ring (bicyclic) bond motifs is 1. The molecule has 1 fully saturated rings. The second kappa shape index (κ2) is 1.82. The van der Waals surface area contributed by atoms with E-state index in [1.165, 1.54) is 7.11 Å². The van der Waals surface area contributed by atoms with Crippen molar-refractivity contribution in [2.75, 3.05) is 7.11 Å². The minimum absolute atomic E-state index is 0.0830. The number of hydrogen-bond acceptors (Lipinski definition) is 5. The molecule has 0 aromatic heterocycles. The summed E-state index contributed by atoms with van der Waals surface area (Å²) in [5, 5.41) is 27.8. The Labute approximate surface area is 68.1 Å². The van der Waals surface area contributed by atoms with E-state index in [1.54, 1.807) is 0 Å². The van der Waals surface area contributed by atoms with Gasteiger partial charge in [-0.05, 0) is 0 Å². The third-order valence-electron chi connectivity index (χ3n) is 1.91. The van der Waals surface area contributed by atoms with Gasteiger partial charge in [0.25, 0.3) is 11.6 Å². The van der Waals surface area contributed by atoms with Crippen LogP contribution in [0.25, 0.3) is 0 Å². The molecule has 5 nitrogen and oxygen atoms in total. The maximum absolute atomic E-state index is 9.34. The van der Waals surface area contributed by atoms with Crippen LogP contribution in [0, 0.1) is 0 Å². The summed E-state index contributed by atoms with van der Waals surface area (Å²) in [5.41, 5.74) is 0. The Morgan fingerprint density at radius 1 is 1.33 bits per heavy atom. The van der Waals surface area contributed by atoms with Crippen LogP contribution in [0.2, 0.25) is 0 Å². The molecule has 1 saturated heterocycles. The van der Waals surface area contributed by atoms with E-state index < -0.39 is 11.6 Å². The van der Waals surface area contributed by atoms with E-state index >= 15 is 0 Å². The Morgan fingerprint density at radius 2 is 1.92 bits per heavy atom. The van der Waals surface area contributed by atoms with Crippen molar-refractivity contribution in [3.05, 3.63) is 23.7 Å². The molecule has 0 spiro atoms. The molecule has 2 rings (SSSR count). The molecular formula is C7H8O5. The number of aliphatic hydroxyl groups excluding tert-OH is 1. The van der Waals surface area contributed by atoms with Crippen molar-refractivity contribution in [2.24, 2.45) is 0 Å². The maximum Gasteiger partial charge on any atom is 0.252 e. The summed E-state index contributed by atoms with van der Waals surface area (Å²) in [6, 6.07) is 0. The van der Waals surface area contributed by atoms with Gasteiger partial charge in [-0.3, -0.25) is 4.74 Å². The number of epoxide rings is 1. The molecule has 0 amide bonds. The lowest BCUT2D eigenvalue weighted by molar-refractivity contribution is 0.0687. The van der Waals surface area contributed by atoms with Gasteiger partial charge in [0.15, 0.2) is 11.5 Å². The van der Waals surface area contributed by atoms with Gasteiger partial charge in [-0.1, -0.05) is 0 Å². The third kappa shape index (κ3) is 0.726. The van der Waals surface area contributed by atoms with E-state index in [2.05, 4.69) is 4.74 Å². The van der Waals surface area contributed by atoms with Gasteiger partial charge in [0.2, 0.25) is 0 Å². The minimum atomic E-state index is -1.78. The minimum Gasteiger partial charge on any atom is -0.504 e. The van der Waals surface area contributed by atoms with Crippen molar-refractivity contribution in [3.63, 3.8) is 0 Å². The van der Waals surface area contributed by atoms with Crippen LogP contribution in [0.15, 0.2) is 23.7 Å². The van der Waals surface area contributed by atoms with E-state index in [0.29, 0.717) is 0 Å². The Kier molecular flexibility index (Phi) is 1.15. The van der Waals surface area contributed by atoms with Crippen molar-refractivity contribution in [3.8, 4) is 0 Å². The van der Waals surface area contributed by atoms with E-state index in [9.17, 15) is 10.2 Å². The molecule has 12 heavy (non-hydrogen) atoms. The van der Waals surface area contributed by atoms with Crippen LogP contribution in [0.5, 0.6) is 0 Å². The van der Waals surface area contributed by atoms with Gasteiger partial charge in [-0.2, -0.15) is 0 Å². The summed E-state index contributed by atoms with van der Waals surface area (Å²) in [7, 11) is 1.34. The molecular weight excluding hydrogens is 164 g/mol. The molecule has 0 aromatic rings. The normalized spacial score (nSPS) is 44.2. The van der Waals surface area contributed by atoms with Gasteiger partial charge in [-0.25, -0.2) is 0 Å². The summed E-state index contributed by atoms with van der Waals surface area (Å²) in [6.45, 7) is 0. The standard InChI is InChI=1S/C7H8O5/c1-11-5-3-7(10)6(9,12-7)2-4(5)8/h2-3,8-10H,1H3. The molecule has 0 saturated carbocycles. The van der Waals surface area contributed by atoms with Crippen LogP contribution in [0.4, 0.5) is 0 Å². The van der Waals surface area contributed by atoms with E-state index in [4.69, 9.17) is 9.84 Å². The van der Waals surface area contributed by atoms with Gasteiger partial charge < -0.3 is 20.1 Å². The Hall–Kier alpha value is -1.04. The van der Waals surface area contributed by atoms with E-state index in [0.717, 1.165) is 12.2 Å². The highest BCUT2D eigenvalue weighted by Gasteiger charge is 2.70. The monoisotopic (exact) mass is 172 g/mol. The van der Waals surface area contributed by atoms with E-state index in [1.807, 2.05) is 0 Å². The molecule has 2 unspecified atom stereocenters. The first-order chi connectivity index (χ1) is 5.51. The zero-order valence-corrected chi connectivity index (χ0v) is 6.31. The fourth-order valence-corrected chi connectivity index (χ4v) is 1.15. The van der Waals surface area contributed by atoms with Crippen LogP contribution in [-0.4, -0.2) is 34.0 Å². The fourth-order valence-electron chi connectivity index (χ4n) is 1.15. The summed E-state index contributed by atoms with van der Waals surface area (Å²) >= 11 is 0. The number of methoxy groups -OCH3 is 1. The topological polar surface area (TPSA) is 82.5 Å². The highest BCUT2D eigenvalue weighted by atomic mass is 16.8. The number of aliphatic hydroxyl groups is 3. The van der Waals surface area contributed by atoms with Crippen LogP contribution in [0.3, 0.4) is 0 Å². The highest BCUT2D eigenvalue weighted by Crippen LogP contribution is 2.50. The third-order valence-corrected chi connectivity index (χ3v) is 1.91. The second-order valence-corrected chi connectivity index (χ2v) is 2.74. The largest absolute Gasteiger partial charge is 0.504 e. The Bertz CT molecular complexity index is 294. The van der Waals surface area contributed by atoms with Crippen LogP contribution in [-0.2, 0) is 9.47 Å². The molecule has 0 aromatic carbocycles. The zero-order valence-electron chi connectivity index (χ0n) is 6.31. The van der Waals surface area contributed by atoms with E-state index in [-0.39, 0.29) is 11.5 Å². The Balaban J connectivity index is 2.38. The van der Waals surface area contributed by atoms with Crippen LogP contribution < -0.4 is 0 Å². The average molecular weight is 172 g/mol. The molecule has 2 atom stereocenters. The number of ether oxygens (including phenoxy) is 2. The van der Waals surface area contributed by atoms with Gasteiger partial charge in [-0.15, -0.1) is 0 Å². The van der Waals surface area contributed by atoms with Gasteiger partial charge in [0, 0.05) is 12.2 Å². The molecule has 1 heterocycles. The summed E-state index contributed by atoms with van der Waals surface area (Å²) in [5.74, 6) is -3.68. The molecule has 2 aliphatic rings. The quantitative estimate of drug-likeness (QED) is 0.459. The predicted molar refractivity (Wildman–Crippen MR) is 36.8 cm³/mol. The predicted octanol–water partition coefficient (Wildman–Crippen LogP) is -0.620. The zero-order chi connectivity index (χ0) is 8.98. The van der Waals surface area contributed by atoms with Crippen molar-refractivity contribution in [2.45, 2.75) is 11.6 Å². The summed E-state index contributed by atoms with van der Waals surface area (Å²) < 4.78 is 9.28.